The summed E-state index contributed by atoms with van der Waals surface area (Å²) < 4.78 is 33.0. The summed E-state index contributed by atoms with van der Waals surface area (Å²) in [6.07, 6.45) is 11.9. The van der Waals surface area contributed by atoms with Gasteiger partial charge in [-0.05, 0) is 6.42 Å². The van der Waals surface area contributed by atoms with Crippen LogP contribution >= 0.6 is 0 Å². The number of hydrogen-bond donors (Lipinski definition) is 1. The van der Waals surface area contributed by atoms with Crippen molar-refractivity contribution in [1.29, 1.82) is 0 Å². The Morgan fingerprint density at radius 1 is 0.833 bits per heavy atom. The normalized spacial score (nSPS) is 11.2. The summed E-state index contributed by atoms with van der Waals surface area (Å²) >= 11 is 0. The molecule has 0 heterocycles. The van der Waals surface area contributed by atoms with E-state index >= 15 is 0 Å². The van der Waals surface area contributed by atoms with Gasteiger partial charge in [0.2, 0.25) is 0 Å². The van der Waals surface area contributed by atoms with Gasteiger partial charge in [0, 0.05) is 0 Å². The van der Waals surface area contributed by atoms with Crippen LogP contribution in [0.15, 0.2) is 0 Å². The van der Waals surface area contributed by atoms with Gasteiger partial charge in [-0.1, -0.05) is 64.7 Å². The summed E-state index contributed by atoms with van der Waals surface area (Å²) in [5.41, 5.74) is 0. The van der Waals surface area contributed by atoms with Crippen molar-refractivity contribution in [3.05, 3.63) is 0 Å². The molecule has 0 saturated carbocycles. The van der Waals surface area contributed by atoms with E-state index in [9.17, 15) is 8.42 Å². The predicted molar refractivity (Wildman–Crippen MR) is 79.3 cm³/mol. The van der Waals surface area contributed by atoms with Crippen molar-refractivity contribution in [2.75, 3.05) is 6.61 Å². The molecular formula is C12H29InO4S. The third kappa shape index (κ3) is 19.1. The van der Waals surface area contributed by atoms with Gasteiger partial charge in [0.25, 0.3) is 0 Å². The second kappa shape index (κ2) is 14.2. The first-order valence-electron chi connectivity index (χ1n) is 6.68. The molecule has 0 aromatic carbocycles. The van der Waals surface area contributed by atoms with E-state index in [1.807, 2.05) is 0 Å². The van der Waals surface area contributed by atoms with Gasteiger partial charge < -0.3 is 0 Å². The Morgan fingerprint density at radius 2 is 1.22 bits per heavy atom. The van der Waals surface area contributed by atoms with E-state index < -0.39 is 10.4 Å². The molecule has 6 heteroatoms. The molecule has 0 aromatic heterocycles. The van der Waals surface area contributed by atoms with Crippen molar-refractivity contribution < 1.29 is 17.2 Å². The van der Waals surface area contributed by atoms with Crippen LogP contribution in [0.2, 0.25) is 0 Å². The van der Waals surface area contributed by atoms with Gasteiger partial charge >= 0.3 is 36.2 Å². The summed E-state index contributed by atoms with van der Waals surface area (Å²) in [6, 6.07) is 0. The first kappa shape index (κ1) is 21.0. The summed E-state index contributed by atoms with van der Waals surface area (Å²) in [5, 5.41) is 0. The van der Waals surface area contributed by atoms with E-state index in [0.717, 1.165) is 12.8 Å². The van der Waals surface area contributed by atoms with Crippen LogP contribution in [-0.2, 0) is 14.6 Å². The van der Waals surface area contributed by atoms with Crippen LogP contribution in [0.25, 0.3) is 0 Å². The molecule has 0 aromatic rings. The van der Waals surface area contributed by atoms with E-state index in [2.05, 4.69) is 11.1 Å². The summed E-state index contributed by atoms with van der Waals surface area (Å²) in [7, 11) is -4.23. The first-order valence-corrected chi connectivity index (χ1v) is 8.04. The van der Waals surface area contributed by atoms with Gasteiger partial charge in [0.05, 0.1) is 6.61 Å². The van der Waals surface area contributed by atoms with Gasteiger partial charge in [-0.2, -0.15) is 8.42 Å². The monoisotopic (exact) mass is 384 g/mol. The van der Waals surface area contributed by atoms with E-state index in [1.165, 1.54) is 44.9 Å². The van der Waals surface area contributed by atoms with Crippen molar-refractivity contribution in [2.24, 2.45) is 0 Å². The average molecular weight is 384 g/mol. The molecule has 0 rings (SSSR count). The number of unbranched alkanes of at least 4 members (excludes halogenated alkanes) is 9. The van der Waals surface area contributed by atoms with Crippen molar-refractivity contribution in [2.45, 2.75) is 71.1 Å². The van der Waals surface area contributed by atoms with Crippen LogP contribution in [-0.4, -0.2) is 45.4 Å². The van der Waals surface area contributed by atoms with Crippen molar-refractivity contribution in [3.63, 3.8) is 0 Å². The van der Waals surface area contributed by atoms with Crippen molar-refractivity contribution >= 4 is 36.2 Å². The van der Waals surface area contributed by atoms with Crippen LogP contribution in [0.1, 0.15) is 71.1 Å². The van der Waals surface area contributed by atoms with Gasteiger partial charge in [-0.15, -0.1) is 0 Å². The minimum atomic E-state index is -4.23. The second-order valence-electron chi connectivity index (χ2n) is 4.43. The molecule has 0 unspecified atom stereocenters. The zero-order valence-corrected chi connectivity index (χ0v) is 11.7. The molecule has 0 aliphatic carbocycles. The molecular weight excluding hydrogens is 355 g/mol. The Morgan fingerprint density at radius 3 is 1.61 bits per heavy atom. The van der Waals surface area contributed by atoms with Crippen molar-refractivity contribution in [1.82, 2.24) is 0 Å². The molecule has 0 fully saturated rings. The number of hydrogen-bond acceptors (Lipinski definition) is 3. The second-order valence-corrected chi connectivity index (χ2v) is 5.52. The predicted octanol–water partition coefficient (Wildman–Crippen LogP) is 2.54. The molecule has 0 radical (unpaired) electrons. The molecule has 4 nitrogen and oxygen atoms in total. The summed E-state index contributed by atoms with van der Waals surface area (Å²) in [4.78, 5) is 0. The van der Waals surface area contributed by atoms with E-state index in [1.54, 1.807) is 0 Å². The van der Waals surface area contributed by atoms with Gasteiger partial charge in [-0.25, -0.2) is 4.18 Å². The molecule has 0 spiro atoms. The van der Waals surface area contributed by atoms with Crippen LogP contribution in [0, 0.1) is 0 Å². The summed E-state index contributed by atoms with van der Waals surface area (Å²) in [6.45, 7) is 2.31. The fourth-order valence-corrected chi connectivity index (χ4v) is 2.08. The van der Waals surface area contributed by atoms with Crippen LogP contribution in [0.4, 0.5) is 0 Å². The zero-order valence-electron chi connectivity index (χ0n) is 10.9. The minimum absolute atomic E-state index is 0. The Bertz CT molecular complexity index is 255. The van der Waals surface area contributed by atoms with Gasteiger partial charge in [0.15, 0.2) is 0 Å². The molecule has 0 saturated heterocycles. The fourth-order valence-electron chi connectivity index (χ4n) is 1.75. The quantitative estimate of drug-likeness (QED) is 0.415. The maximum absolute atomic E-state index is 10.2. The molecule has 0 aliphatic rings. The molecule has 0 atom stereocenters. The van der Waals surface area contributed by atoms with E-state index in [0.29, 0.717) is 6.42 Å². The standard InChI is InChI=1S/C12H26O4S.In.3H/c1-2-3-4-5-6-7-8-9-10-11-12-16-17(13,14)15;;;;/h2-12H2,1H3,(H,13,14,15);;;;. The SMILES string of the molecule is CCCCCCCCCCCCOS(=O)(=O)O.[InH3]. The van der Waals surface area contributed by atoms with Crippen LogP contribution in [0.5, 0.6) is 0 Å². The average Bonchev–Trinajstić information content (AvgIpc) is 2.24. The number of rotatable bonds is 12. The molecule has 18 heavy (non-hydrogen) atoms. The Balaban J connectivity index is 0. The van der Waals surface area contributed by atoms with E-state index in [4.69, 9.17) is 4.55 Å². The topological polar surface area (TPSA) is 63.6 Å². The summed E-state index contributed by atoms with van der Waals surface area (Å²) in [5.74, 6) is 0. The molecule has 1 N–H and O–H groups in total. The Hall–Kier alpha value is 0.740. The van der Waals surface area contributed by atoms with Gasteiger partial charge in [0.1, 0.15) is 0 Å². The Kier molecular flexibility index (Phi) is 16.6. The zero-order chi connectivity index (χ0) is 13.0. The third-order valence-electron chi connectivity index (χ3n) is 2.73. The maximum atomic E-state index is 10.2. The molecule has 110 valence electrons. The Labute approximate surface area is 131 Å². The third-order valence-corrected chi connectivity index (χ3v) is 3.19. The molecule has 0 bridgehead atoms. The first-order chi connectivity index (χ1) is 8.06. The van der Waals surface area contributed by atoms with Crippen molar-refractivity contribution in [3.8, 4) is 0 Å². The van der Waals surface area contributed by atoms with E-state index in [-0.39, 0.29) is 32.5 Å². The fraction of sp³-hybridized carbons (Fsp3) is 1.00. The van der Waals surface area contributed by atoms with Crippen LogP contribution < -0.4 is 0 Å². The van der Waals surface area contributed by atoms with Gasteiger partial charge in [-0.3, -0.25) is 4.55 Å². The molecule has 0 amide bonds. The van der Waals surface area contributed by atoms with Crippen LogP contribution in [0.3, 0.4) is 0 Å². The molecule has 0 aliphatic heterocycles.